The number of nitriles is 1. The zero-order valence-electron chi connectivity index (χ0n) is 10.7. The molecule has 0 rings (SSSR count). The van der Waals surface area contributed by atoms with E-state index in [-0.39, 0.29) is 6.04 Å². The van der Waals surface area contributed by atoms with Crippen LogP contribution in [0, 0.1) is 17.2 Å². The molecular formula is C12H25N3. The molecule has 3 heteroatoms. The number of hydrogen-bond donors (Lipinski definition) is 1. The summed E-state index contributed by atoms with van der Waals surface area (Å²) in [6, 6.07) is 2.78. The molecular weight excluding hydrogens is 186 g/mol. The fourth-order valence-corrected chi connectivity index (χ4v) is 1.73. The highest BCUT2D eigenvalue weighted by atomic mass is 15.1. The van der Waals surface area contributed by atoms with Crippen LogP contribution < -0.4 is 5.32 Å². The van der Waals surface area contributed by atoms with Crippen LogP contribution >= 0.6 is 0 Å². The zero-order valence-corrected chi connectivity index (χ0v) is 10.7. The van der Waals surface area contributed by atoms with Crippen molar-refractivity contribution in [1.82, 2.24) is 10.2 Å². The molecule has 1 N–H and O–H groups in total. The van der Waals surface area contributed by atoms with Crippen molar-refractivity contribution in [3.8, 4) is 6.07 Å². The van der Waals surface area contributed by atoms with E-state index in [2.05, 4.69) is 44.1 Å². The molecule has 0 aliphatic rings. The third-order valence-corrected chi connectivity index (χ3v) is 2.64. The van der Waals surface area contributed by atoms with Crippen LogP contribution in [0.2, 0.25) is 0 Å². The molecule has 0 aliphatic carbocycles. The maximum absolute atomic E-state index is 8.93. The lowest BCUT2D eigenvalue weighted by atomic mass is 10.0. The summed E-state index contributed by atoms with van der Waals surface area (Å²) in [5.41, 5.74) is 0. The van der Waals surface area contributed by atoms with Crippen molar-refractivity contribution in [3.63, 3.8) is 0 Å². The fourth-order valence-electron chi connectivity index (χ4n) is 1.73. The molecule has 0 amide bonds. The van der Waals surface area contributed by atoms with Gasteiger partial charge in [-0.3, -0.25) is 0 Å². The van der Waals surface area contributed by atoms with E-state index in [4.69, 9.17) is 5.26 Å². The van der Waals surface area contributed by atoms with E-state index in [9.17, 15) is 0 Å². The van der Waals surface area contributed by atoms with E-state index in [1.54, 1.807) is 0 Å². The summed E-state index contributed by atoms with van der Waals surface area (Å²) in [5, 5.41) is 12.1. The van der Waals surface area contributed by atoms with Crippen LogP contribution in [0.3, 0.4) is 0 Å². The second-order valence-electron chi connectivity index (χ2n) is 4.66. The van der Waals surface area contributed by atoms with Gasteiger partial charge in [-0.2, -0.15) is 5.26 Å². The van der Waals surface area contributed by atoms with E-state index >= 15 is 0 Å². The van der Waals surface area contributed by atoms with Crippen LogP contribution in [0.15, 0.2) is 0 Å². The molecule has 0 aliphatic heterocycles. The summed E-state index contributed by atoms with van der Waals surface area (Å²) < 4.78 is 0. The Balaban J connectivity index is 3.99. The van der Waals surface area contributed by atoms with Gasteiger partial charge in [-0.25, -0.2) is 0 Å². The molecule has 0 saturated carbocycles. The van der Waals surface area contributed by atoms with Crippen LogP contribution in [0.4, 0.5) is 0 Å². The van der Waals surface area contributed by atoms with E-state index in [0.29, 0.717) is 12.0 Å². The summed E-state index contributed by atoms with van der Waals surface area (Å²) >= 11 is 0. The van der Waals surface area contributed by atoms with E-state index in [1.807, 2.05) is 6.92 Å². The standard InChI is InChI=1S/C12H25N3/c1-6-14-12(8-13)9-15(5)11(4)7-10(2)3/h10-12,14H,6-7,9H2,1-5H3. The van der Waals surface area contributed by atoms with Gasteiger partial charge in [0.05, 0.1) is 6.07 Å². The van der Waals surface area contributed by atoms with Gasteiger partial charge in [0.1, 0.15) is 6.04 Å². The van der Waals surface area contributed by atoms with Gasteiger partial charge < -0.3 is 10.2 Å². The second kappa shape index (κ2) is 7.67. The normalized spacial score (nSPS) is 15.3. The predicted octanol–water partition coefficient (Wildman–Crippen LogP) is 1.85. The topological polar surface area (TPSA) is 39.1 Å². The van der Waals surface area contributed by atoms with Gasteiger partial charge in [-0.15, -0.1) is 0 Å². The Morgan fingerprint density at radius 2 is 1.93 bits per heavy atom. The lowest BCUT2D eigenvalue weighted by Gasteiger charge is -2.27. The highest BCUT2D eigenvalue weighted by Crippen LogP contribution is 2.09. The minimum Gasteiger partial charge on any atom is -0.301 e. The Kier molecular flexibility index (Phi) is 7.37. The average Bonchev–Trinajstić information content (AvgIpc) is 2.15. The van der Waals surface area contributed by atoms with Crippen molar-refractivity contribution in [2.45, 2.75) is 46.2 Å². The number of likely N-dealkylation sites (N-methyl/N-ethyl adjacent to an activating group) is 2. The average molecular weight is 211 g/mol. The van der Waals surface area contributed by atoms with Gasteiger partial charge in [0, 0.05) is 12.6 Å². The van der Waals surface area contributed by atoms with E-state index in [0.717, 1.165) is 13.1 Å². The van der Waals surface area contributed by atoms with Crippen LogP contribution in [0.25, 0.3) is 0 Å². The van der Waals surface area contributed by atoms with Crippen molar-refractivity contribution in [3.05, 3.63) is 0 Å². The highest BCUT2D eigenvalue weighted by molar-refractivity contribution is 4.92. The Bertz CT molecular complexity index is 196. The summed E-state index contributed by atoms with van der Waals surface area (Å²) in [6.45, 7) is 10.4. The van der Waals surface area contributed by atoms with Gasteiger partial charge in [0.25, 0.3) is 0 Å². The summed E-state index contributed by atoms with van der Waals surface area (Å²) in [5.74, 6) is 0.710. The minimum absolute atomic E-state index is 0.0467. The highest BCUT2D eigenvalue weighted by Gasteiger charge is 2.15. The minimum atomic E-state index is -0.0467. The van der Waals surface area contributed by atoms with Crippen LogP contribution in [0.1, 0.15) is 34.1 Å². The van der Waals surface area contributed by atoms with Crippen LogP contribution in [-0.2, 0) is 0 Å². The fraction of sp³-hybridized carbons (Fsp3) is 0.917. The largest absolute Gasteiger partial charge is 0.301 e. The maximum Gasteiger partial charge on any atom is 0.108 e. The molecule has 0 spiro atoms. The van der Waals surface area contributed by atoms with Crippen molar-refractivity contribution < 1.29 is 0 Å². The van der Waals surface area contributed by atoms with Gasteiger partial charge in [-0.05, 0) is 32.9 Å². The quantitative estimate of drug-likeness (QED) is 0.698. The molecule has 88 valence electrons. The predicted molar refractivity (Wildman–Crippen MR) is 64.6 cm³/mol. The van der Waals surface area contributed by atoms with Crippen molar-refractivity contribution in [1.29, 1.82) is 5.26 Å². The first-order valence-corrected chi connectivity index (χ1v) is 5.84. The molecule has 0 aromatic heterocycles. The third-order valence-electron chi connectivity index (χ3n) is 2.64. The van der Waals surface area contributed by atoms with Crippen LogP contribution in [0.5, 0.6) is 0 Å². The number of nitrogens with zero attached hydrogens (tertiary/aromatic N) is 2. The number of rotatable bonds is 7. The molecule has 15 heavy (non-hydrogen) atoms. The summed E-state index contributed by atoms with van der Waals surface area (Å²) in [4.78, 5) is 2.26. The molecule has 0 saturated heterocycles. The Morgan fingerprint density at radius 1 is 1.33 bits per heavy atom. The van der Waals surface area contributed by atoms with Gasteiger partial charge >= 0.3 is 0 Å². The molecule has 0 heterocycles. The molecule has 0 aromatic carbocycles. The second-order valence-corrected chi connectivity index (χ2v) is 4.66. The van der Waals surface area contributed by atoms with Gasteiger partial charge in [0.15, 0.2) is 0 Å². The maximum atomic E-state index is 8.93. The van der Waals surface area contributed by atoms with Crippen molar-refractivity contribution >= 4 is 0 Å². The molecule has 3 nitrogen and oxygen atoms in total. The summed E-state index contributed by atoms with van der Waals surface area (Å²) in [7, 11) is 2.09. The smallest absolute Gasteiger partial charge is 0.108 e. The first-order chi connectivity index (χ1) is 7.01. The molecule has 0 radical (unpaired) electrons. The van der Waals surface area contributed by atoms with Crippen LogP contribution in [-0.4, -0.2) is 37.1 Å². The number of hydrogen-bond acceptors (Lipinski definition) is 3. The monoisotopic (exact) mass is 211 g/mol. The Labute approximate surface area is 94.5 Å². The SMILES string of the molecule is CCNC(C#N)CN(C)C(C)CC(C)C. The Morgan fingerprint density at radius 3 is 2.33 bits per heavy atom. The first kappa shape index (κ1) is 14.4. The third kappa shape index (κ3) is 6.48. The van der Waals surface area contributed by atoms with Crippen molar-refractivity contribution in [2.75, 3.05) is 20.1 Å². The Hall–Kier alpha value is -0.590. The molecule has 2 unspecified atom stereocenters. The van der Waals surface area contributed by atoms with Crippen molar-refractivity contribution in [2.24, 2.45) is 5.92 Å². The molecule has 0 fully saturated rings. The zero-order chi connectivity index (χ0) is 11.8. The molecule has 0 bridgehead atoms. The number of nitrogens with one attached hydrogen (secondary N) is 1. The van der Waals surface area contributed by atoms with Gasteiger partial charge in [0.2, 0.25) is 0 Å². The van der Waals surface area contributed by atoms with Gasteiger partial charge in [-0.1, -0.05) is 20.8 Å². The summed E-state index contributed by atoms with van der Waals surface area (Å²) in [6.07, 6.45) is 1.18. The lowest BCUT2D eigenvalue weighted by molar-refractivity contribution is 0.217. The molecule has 2 atom stereocenters. The lowest BCUT2D eigenvalue weighted by Crippen LogP contribution is -2.42. The van der Waals surface area contributed by atoms with E-state index in [1.165, 1.54) is 6.42 Å². The first-order valence-electron chi connectivity index (χ1n) is 5.84. The van der Waals surface area contributed by atoms with E-state index < -0.39 is 0 Å². The molecule has 0 aromatic rings.